The molecule has 3 rings (SSSR count). The summed E-state index contributed by atoms with van der Waals surface area (Å²) < 4.78 is 0. The van der Waals surface area contributed by atoms with Crippen LogP contribution in [-0.4, -0.2) is 41.5 Å². The van der Waals surface area contributed by atoms with E-state index in [-0.39, 0.29) is 5.91 Å². The normalized spacial score (nSPS) is 20.1. The SMILES string of the molecule is O=C(c1ccncc1Cl)N1CCC(NCC2CC2)CC1. The van der Waals surface area contributed by atoms with Gasteiger partial charge >= 0.3 is 0 Å². The largest absolute Gasteiger partial charge is 0.338 e. The molecule has 20 heavy (non-hydrogen) atoms. The van der Waals surface area contributed by atoms with Crippen molar-refractivity contribution in [2.45, 2.75) is 31.7 Å². The predicted molar refractivity (Wildman–Crippen MR) is 78.9 cm³/mol. The third kappa shape index (κ3) is 3.30. The van der Waals surface area contributed by atoms with Crippen molar-refractivity contribution in [1.82, 2.24) is 15.2 Å². The van der Waals surface area contributed by atoms with Crippen molar-refractivity contribution < 1.29 is 4.79 Å². The molecule has 1 aromatic rings. The highest BCUT2D eigenvalue weighted by atomic mass is 35.5. The van der Waals surface area contributed by atoms with Crippen LogP contribution in [-0.2, 0) is 0 Å². The van der Waals surface area contributed by atoms with Gasteiger partial charge in [0.25, 0.3) is 5.91 Å². The summed E-state index contributed by atoms with van der Waals surface area (Å²) in [6, 6.07) is 2.26. The number of hydrogen-bond acceptors (Lipinski definition) is 3. The third-order valence-electron chi connectivity index (χ3n) is 4.18. The molecule has 0 spiro atoms. The van der Waals surface area contributed by atoms with Crippen LogP contribution in [0.1, 0.15) is 36.0 Å². The number of carbonyl (C=O) groups is 1. The van der Waals surface area contributed by atoms with Gasteiger partial charge in [0.05, 0.1) is 10.6 Å². The molecule has 2 aliphatic rings. The molecule has 1 aliphatic carbocycles. The lowest BCUT2D eigenvalue weighted by atomic mass is 10.0. The minimum Gasteiger partial charge on any atom is -0.338 e. The maximum atomic E-state index is 12.4. The number of pyridine rings is 1. The molecular formula is C15H20ClN3O. The Hall–Kier alpha value is -1.13. The second-order valence-electron chi connectivity index (χ2n) is 5.77. The minimum absolute atomic E-state index is 0.0260. The van der Waals surface area contributed by atoms with E-state index in [2.05, 4.69) is 10.3 Å². The molecule has 1 saturated carbocycles. The van der Waals surface area contributed by atoms with E-state index >= 15 is 0 Å². The summed E-state index contributed by atoms with van der Waals surface area (Å²) in [6.07, 6.45) is 7.96. The van der Waals surface area contributed by atoms with E-state index in [0.29, 0.717) is 16.6 Å². The lowest BCUT2D eigenvalue weighted by Crippen LogP contribution is -2.45. The maximum Gasteiger partial charge on any atom is 0.255 e. The highest BCUT2D eigenvalue weighted by Gasteiger charge is 2.26. The maximum absolute atomic E-state index is 12.4. The van der Waals surface area contributed by atoms with Crippen LogP contribution >= 0.6 is 11.6 Å². The molecule has 1 saturated heterocycles. The van der Waals surface area contributed by atoms with Crippen LogP contribution in [0.5, 0.6) is 0 Å². The number of likely N-dealkylation sites (tertiary alicyclic amines) is 1. The molecule has 0 bridgehead atoms. The fourth-order valence-corrected chi connectivity index (χ4v) is 2.86. The molecule has 4 nitrogen and oxygen atoms in total. The first-order valence-electron chi connectivity index (χ1n) is 7.36. The molecule has 2 heterocycles. The van der Waals surface area contributed by atoms with Gasteiger partial charge in [0.2, 0.25) is 0 Å². The quantitative estimate of drug-likeness (QED) is 0.927. The minimum atomic E-state index is 0.0260. The Labute approximate surface area is 124 Å². The number of hydrogen-bond donors (Lipinski definition) is 1. The third-order valence-corrected chi connectivity index (χ3v) is 4.48. The van der Waals surface area contributed by atoms with Crippen molar-refractivity contribution in [2.24, 2.45) is 5.92 Å². The molecular weight excluding hydrogens is 274 g/mol. The van der Waals surface area contributed by atoms with E-state index in [1.807, 2.05) is 4.90 Å². The Bertz CT molecular complexity index is 482. The molecule has 108 valence electrons. The Morgan fingerprint density at radius 2 is 2.10 bits per heavy atom. The van der Waals surface area contributed by atoms with Crippen molar-refractivity contribution in [2.75, 3.05) is 19.6 Å². The zero-order valence-electron chi connectivity index (χ0n) is 11.5. The molecule has 0 aromatic carbocycles. The molecule has 5 heteroatoms. The summed E-state index contributed by atoms with van der Waals surface area (Å²) in [7, 11) is 0. The molecule has 0 atom stereocenters. The molecule has 2 fully saturated rings. The van der Waals surface area contributed by atoms with Crippen LogP contribution in [0.3, 0.4) is 0 Å². The lowest BCUT2D eigenvalue weighted by molar-refractivity contribution is 0.0705. The Balaban J connectivity index is 1.52. The monoisotopic (exact) mass is 293 g/mol. The van der Waals surface area contributed by atoms with E-state index in [9.17, 15) is 4.79 Å². The molecule has 0 unspecified atom stereocenters. The second kappa shape index (κ2) is 6.10. The van der Waals surface area contributed by atoms with Gasteiger partial charge in [-0.1, -0.05) is 11.6 Å². The smallest absolute Gasteiger partial charge is 0.255 e. The van der Waals surface area contributed by atoms with Crippen LogP contribution in [0.15, 0.2) is 18.5 Å². The number of nitrogens with one attached hydrogen (secondary N) is 1. The first kappa shape index (κ1) is 13.8. The van der Waals surface area contributed by atoms with E-state index in [4.69, 9.17) is 11.6 Å². The zero-order chi connectivity index (χ0) is 13.9. The Morgan fingerprint density at radius 1 is 1.35 bits per heavy atom. The van der Waals surface area contributed by atoms with Gasteiger partial charge in [-0.05, 0) is 44.2 Å². The highest BCUT2D eigenvalue weighted by Crippen LogP contribution is 2.28. The summed E-state index contributed by atoms with van der Waals surface area (Å²) in [4.78, 5) is 18.2. The van der Waals surface area contributed by atoms with Crippen molar-refractivity contribution in [1.29, 1.82) is 0 Å². The van der Waals surface area contributed by atoms with E-state index in [0.717, 1.165) is 38.4 Å². The lowest BCUT2D eigenvalue weighted by Gasteiger charge is -2.32. The van der Waals surface area contributed by atoms with Gasteiger partial charge in [0, 0.05) is 31.5 Å². The predicted octanol–water partition coefficient (Wildman–Crippen LogP) is 2.34. The Morgan fingerprint density at radius 3 is 2.75 bits per heavy atom. The summed E-state index contributed by atoms with van der Waals surface area (Å²) in [5.74, 6) is 0.934. The summed E-state index contributed by atoms with van der Waals surface area (Å²) >= 11 is 6.04. The first-order chi connectivity index (χ1) is 9.74. The summed E-state index contributed by atoms with van der Waals surface area (Å²) in [6.45, 7) is 2.76. The fourth-order valence-electron chi connectivity index (χ4n) is 2.66. The average molecular weight is 294 g/mol. The van der Waals surface area contributed by atoms with Crippen LogP contribution in [0, 0.1) is 5.92 Å². The number of rotatable bonds is 4. The second-order valence-corrected chi connectivity index (χ2v) is 6.18. The molecule has 1 amide bonds. The molecule has 1 aliphatic heterocycles. The van der Waals surface area contributed by atoms with Gasteiger partial charge < -0.3 is 10.2 Å². The number of nitrogens with zero attached hydrogens (tertiary/aromatic N) is 2. The van der Waals surface area contributed by atoms with Gasteiger partial charge in [0.15, 0.2) is 0 Å². The van der Waals surface area contributed by atoms with Crippen molar-refractivity contribution in [3.8, 4) is 0 Å². The summed E-state index contributed by atoms with van der Waals surface area (Å²) in [5.41, 5.74) is 0.561. The first-order valence-corrected chi connectivity index (χ1v) is 7.74. The van der Waals surface area contributed by atoms with Gasteiger partial charge in [-0.3, -0.25) is 9.78 Å². The number of aromatic nitrogens is 1. The molecule has 0 radical (unpaired) electrons. The van der Waals surface area contributed by atoms with Crippen LogP contribution < -0.4 is 5.32 Å². The van der Waals surface area contributed by atoms with Crippen LogP contribution in [0.2, 0.25) is 5.02 Å². The van der Waals surface area contributed by atoms with Crippen LogP contribution in [0.4, 0.5) is 0 Å². The van der Waals surface area contributed by atoms with Crippen molar-refractivity contribution in [3.05, 3.63) is 29.0 Å². The number of carbonyl (C=O) groups excluding carboxylic acids is 1. The van der Waals surface area contributed by atoms with E-state index < -0.39 is 0 Å². The topological polar surface area (TPSA) is 45.2 Å². The highest BCUT2D eigenvalue weighted by molar-refractivity contribution is 6.33. The number of amides is 1. The number of halogens is 1. The van der Waals surface area contributed by atoms with Gasteiger partial charge in [-0.2, -0.15) is 0 Å². The molecule has 1 N–H and O–H groups in total. The van der Waals surface area contributed by atoms with Gasteiger partial charge in [0.1, 0.15) is 0 Å². The standard InChI is InChI=1S/C15H20ClN3O/c16-14-10-17-6-3-13(14)15(20)19-7-4-12(5-8-19)18-9-11-1-2-11/h3,6,10-12,18H,1-2,4-5,7-9H2. The van der Waals surface area contributed by atoms with E-state index in [1.165, 1.54) is 19.0 Å². The van der Waals surface area contributed by atoms with Crippen molar-refractivity contribution in [3.63, 3.8) is 0 Å². The molecule has 1 aromatic heterocycles. The fraction of sp³-hybridized carbons (Fsp3) is 0.600. The van der Waals surface area contributed by atoms with Crippen LogP contribution in [0.25, 0.3) is 0 Å². The number of piperidine rings is 1. The Kier molecular flexibility index (Phi) is 4.22. The van der Waals surface area contributed by atoms with Gasteiger partial charge in [-0.15, -0.1) is 0 Å². The van der Waals surface area contributed by atoms with Gasteiger partial charge in [-0.25, -0.2) is 0 Å². The average Bonchev–Trinajstić information content (AvgIpc) is 3.30. The van der Waals surface area contributed by atoms with E-state index in [1.54, 1.807) is 12.3 Å². The summed E-state index contributed by atoms with van der Waals surface area (Å²) in [5, 5.41) is 4.06. The zero-order valence-corrected chi connectivity index (χ0v) is 12.3. The van der Waals surface area contributed by atoms with Crippen molar-refractivity contribution >= 4 is 17.5 Å².